The summed E-state index contributed by atoms with van der Waals surface area (Å²) in [4.78, 5) is 37.1. The molecule has 0 aliphatic heterocycles. The zero-order valence-corrected chi connectivity index (χ0v) is 19.1. The summed E-state index contributed by atoms with van der Waals surface area (Å²) in [6, 6.07) is 24.3. The van der Waals surface area contributed by atoms with Gasteiger partial charge in [-0.1, -0.05) is 60.7 Å². The van der Waals surface area contributed by atoms with E-state index in [4.69, 9.17) is 9.47 Å². The topological polar surface area (TPSA) is 118 Å². The molecule has 0 spiro atoms. The van der Waals surface area contributed by atoms with Crippen LogP contribution in [0.5, 0.6) is 0 Å². The maximum Gasteiger partial charge on any atom is 0.339 e. The van der Waals surface area contributed by atoms with Crippen molar-refractivity contribution in [3.05, 3.63) is 113 Å². The third-order valence-electron chi connectivity index (χ3n) is 5.12. The van der Waals surface area contributed by atoms with Gasteiger partial charge in [0.2, 0.25) is 0 Å². The number of ether oxygens (including phenoxy) is 2. The molecule has 0 aliphatic rings. The van der Waals surface area contributed by atoms with Crippen molar-refractivity contribution in [2.75, 3.05) is 19.5 Å². The Kier molecular flexibility index (Phi) is 8.35. The Morgan fingerprint density at radius 2 is 1.43 bits per heavy atom. The van der Waals surface area contributed by atoms with E-state index in [1.54, 1.807) is 0 Å². The number of anilines is 1. The van der Waals surface area contributed by atoms with Crippen molar-refractivity contribution >= 4 is 23.5 Å². The zero-order valence-electron chi connectivity index (χ0n) is 19.1. The van der Waals surface area contributed by atoms with E-state index in [2.05, 4.69) is 10.6 Å². The van der Waals surface area contributed by atoms with E-state index >= 15 is 0 Å². The molecule has 8 heteroatoms. The molecule has 3 aromatic rings. The quantitative estimate of drug-likeness (QED) is 0.291. The number of carbonyl (C=O) groups excluding carboxylic acids is 3. The maximum absolute atomic E-state index is 13.0. The van der Waals surface area contributed by atoms with Crippen molar-refractivity contribution in [1.29, 1.82) is 5.26 Å². The van der Waals surface area contributed by atoms with Crippen LogP contribution in [-0.4, -0.2) is 32.1 Å². The molecule has 176 valence electrons. The molecule has 0 unspecified atom stereocenters. The number of benzene rings is 3. The van der Waals surface area contributed by atoms with Crippen LogP contribution in [-0.2, 0) is 14.3 Å². The normalized spacial score (nSPS) is 10.7. The highest BCUT2D eigenvalue weighted by atomic mass is 16.5. The second-order valence-electron chi connectivity index (χ2n) is 7.29. The van der Waals surface area contributed by atoms with Crippen molar-refractivity contribution in [2.24, 2.45) is 0 Å². The Morgan fingerprint density at radius 1 is 0.857 bits per heavy atom. The Hall–Kier alpha value is -4.90. The third kappa shape index (κ3) is 6.12. The lowest BCUT2D eigenvalue weighted by molar-refractivity contribution is -0.117. The average molecular weight is 469 g/mol. The molecule has 0 bridgehead atoms. The van der Waals surface area contributed by atoms with Crippen LogP contribution in [0.4, 0.5) is 5.69 Å². The molecule has 8 nitrogen and oxygen atoms in total. The van der Waals surface area contributed by atoms with Crippen molar-refractivity contribution in [2.45, 2.75) is 6.04 Å². The van der Waals surface area contributed by atoms with E-state index in [1.807, 2.05) is 66.7 Å². The number of nitrogens with zero attached hydrogens (tertiary/aromatic N) is 1. The monoisotopic (exact) mass is 469 g/mol. The number of hydrogen-bond acceptors (Lipinski definition) is 7. The van der Waals surface area contributed by atoms with E-state index < -0.39 is 23.9 Å². The Bertz CT molecular complexity index is 1240. The minimum absolute atomic E-state index is 0.112. The van der Waals surface area contributed by atoms with Crippen molar-refractivity contribution in [3.63, 3.8) is 0 Å². The van der Waals surface area contributed by atoms with Crippen LogP contribution >= 0.6 is 0 Å². The number of methoxy groups -OCH3 is 2. The lowest BCUT2D eigenvalue weighted by Crippen LogP contribution is -2.30. The van der Waals surface area contributed by atoms with Gasteiger partial charge in [-0.15, -0.1) is 0 Å². The first-order valence-electron chi connectivity index (χ1n) is 10.6. The number of nitriles is 1. The molecule has 3 aromatic carbocycles. The maximum atomic E-state index is 13.0. The van der Waals surface area contributed by atoms with Crippen LogP contribution in [0.1, 0.15) is 37.9 Å². The van der Waals surface area contributed by atoms with E-state index in [0.29, 0.717) is 0 Å². The second-order valence-corrected chi connectivity index (χ2v) is 7.29. The number of amides is 1. The van der Waals surface area contributed by atoms with E-state index in [1.165, 1.54) is 38.6 Å². The summed E-state index contributed by atoms with van der Waals surface area (Å²) >= 11 is 0. The molecule has 0 aromatic heterocycles. The van der Waals surface area contributed by atoms with Crippen LogP contribution < -0.4 is 10.6 Å². The SMILES string of the molecule is COC(=O)c1ccc(C(=O)OC)c(N/C=C(/C#N)C(=O)NC(c2ccccc2)c2ccccc2)c1. The fraction of sp³-hybridized carbons (Fsp3) is 0.111. The van der Waals surface area contributed by atoms with Gasteiger partial charge >= 0.3 is 11.9 Å². The zero-order chi connectivity index (χ0) is 25.2. The second kappa shape index (κ2) is 11.8. The van der Waals surface area contributed by atoms with Crippen molar-refractivity contribution < 1.29 is 23.9 Å². The largest absolute Gasteiger partial charge is 0.465 e. The highest BCUT2D eigenvalue weighted by Gasteiger charge is 2.20. The first-order chi connectivity index (χ1) is 17.0. The molecule has 0 atom stereocenters. The van der Waals surface area contributed by atoms with E-state index in [-0.39, 0.29) is 22.4 Å². The summed E-state index contributed by atoms with van der Waals surface area (Å²) in [5, 5.41) is 15.3. The minimum Gasteiger partial charge on any atom is -0.465 e. The Balaban J connectivity index is 1.90. The average Bonchev–Trinajstić information content (AvgIpc) is 2.92. The van der Waals surface area contributed by atoms with Crippen molar-refractivity contribution in [3.8, 4) is 6.07 Å². The summed E-state index contributed by atoms with van der Waals surface area (Å²) in [6.07, 6.45) is 1.17. The van der Waals surface area contributed by atoms with Gasteiger partial charge in [-0.3, -0.25) is 4.79 Å². The van der Waals surface area contributed by atoms with Crippen LogP contribution in [0.25, 0.3) is 0 Å². The predicted octanol–water partition coefficient (Wildman–Crippen LogP) is 3.98. The number of nitrogens with one attached hydrogen (secondary N) is 2. The lowest BCUT2D eigenvalue weighted by atomic mass is 9.98. The molecule has 0 heterocycles. The number of rotatable bonds is 8. The number of esters is 2. The molecule has 2 N–H and O–H groups in total. The van der Waals surface area contributed by atoms with Crippen molar-refractivity contribution in [1.82, 2.24) is 5.32 Å². The molecule has 3 rings (SSSR count). The minimum atomic E-state index is -0.659. The molecule has 0 radical (unpaired) electrons. The highest BCUT2D eigenvalue weighted by Crippen LogP contribution is 2.23. The highest BCUT2D eigenvalue weighted by molar-refractivity contribution is 6.00. The van der Waals surface area contributed by atoms with Crippen LogP contribution in [0.3, 0.4) is 0 Å². The molecule has 0 saturated carbocycles. The van der Waals surface area contributed by atoms with Crippen LogP contribution in [0.2, 0.25) is 0 Å². The fourth-order valence-electron chi connectivity index (χ4n) is 3.35. The third-order valence-corrected chi connectivity index (χ3v) is 5.12. The molecular formula is C27H23N3O5. The van der Waals surface area contributed by atoms with Gasteiger partial charge in [-0.05, 0) is 29.3 Å². The summed E-state index contributed by atoms with van der Waals surface area (Å²) in [5.41, 5.74) is 1.91. The number of hydrogen-bond donors (Lipinski definition) is 2. The first-order valence-corrected chi connectivity index (χ1v) is 10.6. The smallest absolute Gasteiger partial charge is 0.339 e. The summed E-state index contributed by atoms with van der Waals surface area (Å²) in [6.45, 7) is 0. The van der Waals surface area contributed by atoms with Crippen LogP contribution in [0.15, 0.2) is 90.6 Å². The molecule has 0 saturated heterocycles. The molecule has 0 aliphatic carbocycles. The Labute approximate surface area is 202 Å². The first kappa shape index (κ1) is 24.7. The summed E-state index contributed by atoms with van der Waals surface area (Å²) < 4.78 is 9.49. The van der Waals surface area contributed by atoms with Gasteiger partial charge in [0.15, 0.2) is 0 Å². The van der Waals surface area contributed by atoms with Gasteiger partial charge in [0, 0.05) is 6.20 Å². The van der Waals surface area contributed by atoms with Gasteiger partial charge in [-0.25, -0.2) is 9.59 Å². The summed E-state index contributed by atoms with van der Waals surface area (Å²) in [5.74, 6) is -1.89. The lowest BCUT2D eigenvalue weighted by Gasteiger charge is -2.19. The van der Waals surface area contributed by atoms with Crippen LogP contribution in [0, 0.1) is 11.3 Å². The Morgan fingerprint density at radius 3 is 1.94 bits per heavy atom. The van der Waals surface area contributed by atoms with Gasteiger partial charge < -0.3 is 20.1 Å². The molecule has 35 heavy (non-hydrogen) atoms. The summed E-state index contributed by atoms with van der Waals surface area (Å²) in [7, 11) is 2.45. The predicted molar refractivity (Wildman–Crippen MR) is 129 cm³/mol. The molecule has 0 fully saturated rings. The van der Waals surface area contributed by atoms with E-state index in [9.17, 15) is 19.6 Å². The fourth-order valence-corrected chi connectivity index (χ4v) is 3.35. The van der Waals surface area contributed by atoms with Gasteiger partial charge in [0.25, 0.3) is 5.91 Å². The molecular weight excluding hydrogens is 446 g/mol. The van der Waals surface area contributed by atoms with Gasteiger partial charge in [0.1, 0.15) is 11.6 Å². The number of carbonyl (C=O) groups is 3. The van der Waals surface area contributed by atoms with E-state index in [0.717, 1.165) is 11.1 Å². The molecule has 1 amide bonds. The van der Waals surface area contributed by atoms with Gasteiger partial charge in [0.05, 0.1) is 37.1 Å². The standard InChI is InChI=1S/C27H23N3O5/c1-34-26(32)20-13-14-22(27(33)35-2)23(15-20)29-17-21(16-28)25(31)30-24(18-9-5-3-6-10-18)19-11-7-4-8-12-19/h3-15,17,24,29H,1-2H3,(H,30,31)/b21-17-. The van der Waals surface area contributed by atoms with Gasteiger partial charge in [-0.2, -0.15) is 5.26 Å².